The van der Waals surface area contributed by atoms with Crippen LogP contribution in [0.2, 0.25) is 0 Å². The normalized spacial score (nSPS) is 28.1. The van der Waals surface area contributed by atoms with Gasteiger partial charge in [-0.1, -0.05) is 6.42 Å². The van der Waals surface area contributed by atoms with Gasteiger partial charge in [0.05, 0.1) is 0 Å². The van der Waals surface area contributed by atoms with Crippen LogP contribution in [-0.4, -0.2) is 56.7 Å². The van der Waals surface area contributed by atoms with Crippen LogP contribution < -0.4 is 0 Å². The number of hydrogen-bond donors (Lipinski definition) is 1. The highest BCUT2D eigenvalue weighted by atomic mass is 32.2. The molecule has 0 aromatic rings. The van der Waals surface area contributed by atoms with Gasteiger partial charge in [-0.3, -0.25) is 4.90 Å². The highest BCUT2D eigenvalue weighted by Crippen LogP contribution is 2.17. The van der Waals surface area contributed by atoms with Gasteiger partial charge in [0.25, 0.3) is 0 Å². The zero-order chi connectivity index (χ0) is 11.4. The summed E-state index contributed by atoms with van der Waals surface area (Å²) in [5.41, 5.74) is 0. The first-order chi connectivity index (χ1) is 7.77. The maximum absolute atomic E-state index is 11.4. The molecule has 2 fully saturated rings. The maximum Gasteiger partial charge on any atom is 0.172 e. The highest BCUT2D eigenvalue weighted by molar-refractivity contribution is 7.79. The van der Waals surface area contributed by atoms with Gasteiger partial charge >= 0.3 is 0 Å². The van der Waals surface area contributed by atoms with Crippen LogP contribution >= 0.6 is 0 Å². The van der Waals surface area contributed by atoms with Crippen molar-refractivity contribution in [1.29, 1.82) is 0 Å². The van der Waals surface area contributed by atoms with E-state index in [0.717, 1.165) is 32.7 Å². The van der Waals surface area contributed by atoms with Crippen molar-refractivity contribution in [3.8, 4) is 0 Å². The van der Waals surface area contributed by atoms with Gasteiger partial charge in [0.2, 0.25) is 0 Å². The van der Waals surface area contributed by atoms with Crippen molar-refractivity contribution >= 4 is 11.1 Å². The predicted octanol–water partition coefficient (Wildman–Crippen LogP) is 1.12. The van der Waals surface area contributed by atoms with E-state index in [9.17, 15) is 8.76 Å². The van der Waals surface area contributed by atoms with Crippen molar-refractivity contribution in [2.75, 3.05) is 32.7 Å². The molecule has 94 valence electrons. The van der Waals surface area contributed by atoms with E-state index < -0.39 is 11.1 Å². The Bertz CT molecular complexity index is 238. The molecule has 0 saturated carbocycles. The fourth-order valence-electron chi connectivity index (χ4n) is 2.70. The molecule has 2 heterocycles. The second kappa shape index (κ2) is 6.10. The van der Waals surface area contributed by atoms with Crippen LogP contribution in [0.3, 0.4) is 0 Å². The van der Waals surface area contributed by atoms with Gasteiger partial charge in [-0.05, 0) is 51.9 Å². The summed E-state index contributed by atoms with van der Waals surface area (Å²) < 4.78 is 20.9. The minimum Gasteiger partial charge on any atom is -0.305 e. The Balaban J connectivity index is 1.90. The summed E-state index contributed by atoms with van der Waals surface area (Å²) in [7, 11) is 0. The number of piperidine rings is 1. The molecule has 2 aliphatic heterocycles. The van der Waals surface area contributed by atoms with Crippen LogP contribution in [0.1, 0.15) is 32.1 Å². The van der Waals surface area contributed by atoms with Crippen LogP contribution in [0.4, 0.5) is 0 Å². The first-order valence-electron chi connectivity index (χ1n) is 6.33. The van der Waals surface area contributed by atoms with Gasteiger partial charge in [-0.25, -0.2) is 4.21 Å². The van der Waals surface area contributed by atoms with Crippen molar-refractivity contribution in [2.45, 2.75) is 37.5 Å². The van der Waals surface area contributed by atoms with Gasteiger partial charge < -0.3 is 9.45 Å². The fourth-order valence-corrected chi connectivity index (χ4v) is 3.50. The number of rotatable bonds is 4. The summed E-state index contributed by atoms with van der Waals surface area (Å²) in [4.78, 5) is 4.53. The lowest BCUT2D eigenvalue weighted by atomic mass is 10.1. The first kappa shape index (κ1) is 12.5. The third-order valence-corrected chi connectivity index (χ3v) is 4.56. The van der Waals surface area contributed by atoms with Gasteiger partial charge in [0.1, 0.15) is 5.37 Å². The first-order valence-corrected chi connectivity index (χ1v) is 7.50. The van der Waals surface area contributed by atoms with E-state index in [-0.39, 0.29) is 5.37 Å². The Morgan fingerprint density at radius 1 is 1.00 bits per heavy atom. The average molecular weight is 246 g/mol. The van der Waals surface area contributed by atoms with Crippen LogP contribution in [0.5, 0.6) is 0 Å². The summed E-state index contributed by atoms with van der Waals surface area (Å²) in [5, 5.41) is -0.168. The zero-order valence-electron chi connectivity index (χ0n) is 9.81. The fraction of sp³-hybridized carbons (Fsp3) is 1.00. The van der Waals surface area contributed by atoms with Crippen LogP contribution in [0.15, 0.2) is 0 Å². The second-order valence-electron chi connectivity index (χ2n) is 4.84. The second-order valence-corrected chi connectivity index (χ2v) is 5.93. The smallest absolute Gasteiger partial charge is 0.172 e. The topological polar surface area (TPSA) is 43.8 Å². The molecule has 0 aromatic carbocycles. The van der Waals surface area contributed by atoms with E-state index >= 15 is 0 Å². The molecule has 4 nitrogen and oxygen atoms in total. The van der Waals surface area contributed by atoms with E-state index in [1.54, 1.807) is 0 Å². The molecule has 5 heteroatoms. The average Bonchev–Trinajstić information content (AvgIpc) is 2.79. The van der Waals surface area contributed by atoms with Gasteiger partial charge in [-0.2, -0.15) is 0 Å². The lowest BCUT2D eigenvalue weighted by molar-refractivity contribution is 0.169. The van der Waals surface area contributed by atoms with Gasteiger partial charge in [0, 0.05) is 6.54 Å². The Morgan fingerprint density at radius 2 is 1.56 bits per heavy atom. The largest absolute Gasteiger partial charge is 0.305 e. The predicted molar refractivity (Wildman–Crippen MR) is 65.7 cm³/mol. The highest BCUT2D eigenvalue weighted by Gasteiger charge is 2.28. The summed E-state index contributed by atoms with van der Waals surface area (Å²) in [6.07, 6.45) is 6.10. The molecule has 1 N–H and O–H groups in total. The molecule has 0 amide bonds. The SMILES string of the molecule is O=S(O)C(CN1CCCC1)N1CCCCC1. The molecule has 0 spiro atoms. The van der Waals surface area contributed by atoms with Crippen molar-refractivity contribution in [3.63, 3.8) is 0 Å². The Hall–Kier alpha value is 0.0300. The molecule has 2 saturated heterocycles. The molecule has 2 unspecified atom stereocenters. The van der Waals surface area contributed by atoms with E-state index in [2.05, 4.69) is 9.80 Å². The number of hydrogen-bond acceptors (Lipinski definition) is 3. The molecule has 0 radical (unpaired) electrons. The molecular formula is C11H22N2O2S. The lowest BCUT2D eigenvalue weighted by Gasteiger charge is -2.34. The van der Waals surface area contributed by atoms with Crippen molar-refractivity contribution in [3.05, 3.63) is 0 Å². The lowest BCUT2D eigenvalue weighted by Crippen LogP contribution is -2.47. The van der Waals surface area contributed by atoms with Crippen LogP contribution in [0.25, 0.3) is 0 Å². The van der Waals surface area contributed by atoms with E-state index in [1.165, 1.54) is 32.1 Å². The molecule has 2 aliphatic rings. The molecule has 16 heavy (non-hydrogen) atoms. The van der Waals surface area contributed by atoms with Crippen LogP contribution in [0, 0.1) is 0 Å². The van der Waals surface area contributed by atoms with Crippen molar-refractivity contribution < 1.29 is 8.76 Å². The van der Waals surface area contributed by atoms with E-state index in [4.69, 9.17) is 0 Å². The van der Waals surface area contributed by atoms with E-state index in [0.29, 0.717) is 0 Å². The summed E-state index contributed by atoms with van der Waals surface area (Å²) in [6, 6.07) is 0. The molecule has 2 rings (SSSR count). The molecule has 0 bridgehead atoms. The minimum absolute atomic E-state index is 0.168. The quantitative estimate of drug-likeness (QED) is 0.755. The Kier molecular flexibility index (Phi) is 4.76. The summed E-state index contributed by atoms with van der Waals surface area (Å²) in [5.74, 6) is 0. The van der Waals surface area contributed by atoms with Crippen LogP contribution in [-0.2, 0) is 11.1 Å². The number of likely N-dealkylation sites (tertiary alicyclic amines) is 2. The van der Waals surface area contributed by atoms with Gasteiger partial charge in [0.15, 0.2) is 11.1 Å². The minimum atomic E-state index is -1.71. The summed E-state index contributed by atoms with van der Waals surface area (Å²) in [6.45, 7) is 4.95. The van der Waals surface area contributed by atoms with E-state index in [1.807, 2.05) is 0 Å². The molecule has 2 atom stereocenters. The number of nitrogens with zero attached hydrogens (tertiary/aromatic N) is 2. The van der Waals surface area contributed by atoms with Crippen molar-refractivity contribution in [2.24, 2.45) is 0 Å². The molecule has 0 aliphatic carbocycles. The summed E-state index contributed by atoms with van der Waals surface area (Å²) >= 11 is -1.71. The third-order valence-electron chi connectivity index (χ3n) is 3.64. The zero-order valence-corrected chi connectivity index (χ0v) is 10.6. The Labute approximate surface area is 100 Å². The monoisotopic (exact) mass is 246 g/mol. The standard InChI is InChI=1S/C11H22N2O2S/c14-16(15)11(10-12-6-4-5-7-12)13-8-2-1-3-9-13/h11H,1-10H2,(H,14,15). The van der Waals surface area contributed by atoms with Crippen molar-refractivity contribution in [1.82, 2.24) is 9.80 Å². The molecular weight excluding hydrogens is 224 g/mol. The maximum atomic E-state index is 11.4. The van der Waals surface area contributed by atoms with Gasteiger partial charge in [-0.15, -0.1) is 0 Å². The molecule has 0 aromatic heterocycles. The Morgan fingerprint density at radius 3 is 2.12 bits per heavy atom. The third kappa shape index (κ3) is 3.26.